The van der Waals surface area contributed by atoms with Crippen LogP contribution in [-0.4, -0.2) is 101 Å². The number of urea groups is 1. The van der Waals surface area contributed by atoms with Crippen LogP contribution in [0.1, 0.15) is 110 Å². The number of ketones is 2. The van der Waals surface area contributed by atoms with E-state index >= 15 is 0 Å². The van der Waals surface area contributed by atoms with E-state index in [0.29, 0.717) is 80.8 Å². The minimum Gasteiger partial charge on any atom is -0.379 e. The van der Waals surface area contributed by atoms with Crippen LogP contribution >= 0.6 is 34.7 Å². The SMILES string of the molecule is Cc1sc2c(c1C)C(c1ccc(Cl)cc1)=N[C@H](CC(=O)CCCCOCCOCCOCCCCC(=O)CCCC[C@H]1SC[C@H]3NC(=O)N[C@H]31)c1nnc(C)n1-2. The molecule has 4 atom stereocenters. The highest BCUT2D eigenvalue weighted by Crippen LogP contribution is 2.40. The molecule has 15 heteroatoms. The number of aliphatic imine (C=N–C) groups is 1. The Morgan fingerprint density at radius 1 is 0.839 bits per heavy atom. The van der Waals surface area contributed by atoms with Gasteiger partial charge in [-0.3, -0.25) is 19.1 Å². The number of ether oxygens (including phenoxy) is 3. The van der Waals surface area contributed by atoms with Crippen LogP contribution in [0.3, 0.4) is 0 Å². The van der Waals surface area contributed by atoms with Crippen LogP contribution in [0, 0.1) is 20.8 Å². The number of rotatable bonds is 24. The van der Waals surface area contributed by atoms with E-state index in [2.05, 4.69) is 39.2 Å². The molecule has 2 aromatic heterocycles. The molecule has 304 valence electrons. The second-order valence-corrected chi connectivity index (χ2v) is 17.7. The molecule has 2 saturated heterocycles. The minimum atomic E-state index is -0.450. The summed E-state index contributed by atoms with van der Waals surface area (Å²) in [4.78, 5) is 43.5. The predicted octanol–water partition coefficient (Wildman–Crippen LogP) is 7.44. The molecule has 3 aromatic rings. The lowest BCUT2D eigenvalue weighted by Crippen LogP contribution is -2.36. The summed E-state index contributed by atoms with van der Waals surface area (Å²) in [6.07, 6.45) is 8.14. The van der Waals surface area contributed by atoms with Crippen molar-refractivity contribution < 1.29 is 28.6 Å². The van der Waals surface area contributed by atoms with Gasteiger partial charge in [-0.05, 0) is 77.0 Å². The number of amides is 2. The zero-order valence-electron chi connectivity index (χ0n) is 32.8. The maximum Gasteiger partial charge on any atom is 0.315 e. The van der Waals surface area contributed by atoms with E-state index in [0.717, 1.165) is 83.9 Å². The quantitative estimate of drug-likeness (QED) is 0.0695. The second-order valence-electron chi connectivity index (χ2n) is 14.8. The molecule has 2 N–H and O–H groups in total. The number of fused-ring (bicyclic) bond motifs is 4. The van der Waals surface area contributed by atoms with Crippen LogP contribution in [0.15, 0.2) is 29.3 Å². The van der Waals surface area contributed by atoms with Crippen molar-refractivity contribution in [1.29, 1.82) is 0 Å². The summed E-state index contributed by atoms with van der Waals surface area (Å²) >= 11 is 9.84. The molecule has 2 fully saturated rings. The zero-order valence-corrected chi connectivity index (χ0v) is 35.2. The van der Waals surface area contributed by atoms with Crippen LogP contribution in [0.25, 0.3) is 5.00 Å². The van der Waals surface area contributed by atoms with E-state index in [1.54, 1.807) is 11.3 Å². The van der Waals surface area contributed by atoms with Gasteiger partial charge in [0.1, 0.15) is 28.4 Å². The van der Waals surface area contributed by atoms with E-state index in [-0.39, 0.29) is 30.3 Å². The molecule has 56 heavy (non-hydrogen) atoms. The summed E-state index contributed by atoms with van der Waals surface area (Å²) in [6, 6.07) is 7.70. The van der Waals surface area contributed by atoms with Crippen molar-refractivity contribution >= 4 is 58.0 Å². The van der Waals surface area contributed by atoms with Gasteiger partial charge in [-0.15, -0.1) is 21.5 Å². The highest BCUT2D eigenvalue weighted by Gasteiger charge is 2.42. The topological polar surface area (TPSA) is 146 Å². The number of carbonyl (C=O) groups is 3. The number of Topliss-reactive ketones (excluding diaryl/α,β-unsaturated/α-hetero) is 2. The normalized spacial score (nSPS) is 19.9. The third kappa shape index (κ3) is 11.3. The fourth-order valence-electron chi connectivity index (χ4n) is 7.48. The first-order chi connectivity index (χ1) is 27.2. The summed E-state index contributed by atoms with van der Waals surface area (Å²) in [5.74, 6) is 2.90. The Balaban J connectivity index is 0.787. The Kier molecular flexibility index (Phi) is 16.0. The van der Waals surface area contributed by atoms with E-state index in [9.17, 15) is 14.4 Å². The summed E-state index contributed by atoms with van der Waals surface area (Å²) in [5, 5.41) is 17.1. The van der Waals surface area contributed by atoms with Crippen LogP contribution in [0.5, 0.6) is 0 Å². The molecule has 5 heterocycles. The maximum atomic E-state index is 13.3. The van der Waals surface area contributed by atoms with Crippen LogP contribution in [-0.2, 0) is 23.8 Å². The van der Waals surface area contributed by atoms with E-state index < -0.39 is 6.04 Å². The molecule has 12 nitrogen and oxygen atoms in total. The Morgan fingerprint density at radius 3 is 2.18 bits per heavy atom. The van der Waals surface area contributed by atoms with Crippen molar-refractivity contribution in [3.05, 3.63) is 62.5 Å². The second kappa shape index (κ2) is 21.0. The number of benzene rings is 1. The van der Waals surface area contributed by atoms with Crippen molar-refractivity contribution in [2.75, 3.05) is 45.4 Å². The van der Waals surface area contributed by atoms with Gasteiger partial charge in [0.2, 0.25) is 0 Å². The number of nitrogens with one attached hydrogen (secondary N) is 2. The van der Waals surface area contributed by atoms with E-state index in [1.165, 1.54) is 4.88 Å². The number of thiophene rings is 1. The number of halogens is 1. The van der Waals surface area contributed by atoms with E-state index in [4.69, 9.17) is 30.8 Å². The number of thioether (sulfide) groups is 1. The maximum absolute atomic E-state index is 13.3. The molecular weight excluding hydrogens is 772 g/mol. The molecule has 3 aliphatic rings. The molecule has 0 saturated carbocycles. The molecule has 6 rings (SSSR count). The fourth-order valence-corrected chi connectivity index (χ4v) is 10.4. The molecule has 2 amide bonds. The monoisotopic (exact) mass is 826 g/mol. The standard InChI is InChI=1S/C41H55ClN6O6S2/c1-26-27(2)56-40-36(26)37(29-14-16-30(42)17-15-29)43-33(39-47-46-28(3)48(39)40)24-32(50)12-7-9-19-53-21-23-54-22-20-52-18-8-6-11-31(49)10-4-5-13-35-38-34(25-55-35)44-41(51)45-38/h14-17,33-35,38H,4-13,18-25H2,1-3H3,(H2,44,45,51)/t33-,34-,35-,38-/m1/s1. The van der Waals surface area contributed by atoms with Gasteiger partial charge in [0.25, 0.3) is 0 Å². The van der Waals surface area contributed by atoms with Gasteiger partial charge in [0, 0.05) is 70.9 Å². The summed E-state index contributed by atoms with van der Waals surface area (Å²) in [6.45, 7) is 9.36. The fraction of sp³-hybridized carbons (Fsp3) is 0.610. The van der Waals surface area contributed by atoms with Gasteiger partial charge in [-0.2, -0.15) is 11.8 Å². The summed E-state index contributed by atoms with van der Waals surface area (Å²) < 4.78 is 19.1. The first-order valence-corrected chi connectivity index (χ1v) is 22.3. The van der Waals surface area contributed by atoms with Crippen molar-refractivity contribution in [3.8, 4) is 5.00 Å². The average molecular weight is 828 g/mol. The zero-order chi connectivity index (χ0) is 39.4. The van der Waals surface area contributed by atoms with Crippen molar-refractivity contribution in [1.82, 2.24) is 25.4 Å². The first kappa shape index (κ1) is 42.5. The number of aromatic nitrogens is 3. The van der Waals surface area contributed by atoms with Gasteiger partial charge >= 0.3 is 6.03 Å². The predicted molar refractivity (Wildman–Crippen MR) is 222 cm³/mol. The molecule has 1 aromatic carbocycles. The van der Waals surface area contributed by atoms with Gasteiger partial charge in [-0.25, -0.2) is 4.79 Å². The number of hydrogen-bond donors (Lipinski definition) is 2. The molecule has 0 bridgehead atoms. The van der Waals surface area contributed by atoms with E-state index in [1.807, 2.05) is 43.0 Å². The number of hydrogen-bond acceptors (Lipinski definition) is 11. The Labute approximate surface area is 343 Å². The number of nitrogens with zero attached hydrogens (tertiary/aromatic N) is 4. The van der Waals surface area contributed by atoms with Gasteiger partial charge < -0.3 is 24.8 Å². The van der Waals surface area contributed by atoms with Crippen LogP contribution in [0.4, 0.5) is 4.79 Å². The number of aryl methyl sites for hydroxylation is 2. The van der Waals surface area contributed by atoms with Gasteiger partial charge in [0.15, 0.2) is 5.82 Å². The van der Waals surface area contributed by atoms with Crippen LogP contribution in [0.2, 0.25) is 5.02 Å². The Bertz CT molecular complexity index is 1830. The van der Waals surface area contributed by atoms with Gasteiger partial charge in [0.05, 0.1) is 44.2 Å². The van der Waals surface area contributed by atoms with Crippen molar-refractivity contribution in [2.45, 2.75) is 115 Å². The molecule has 3 aliphatic heterocycles. The molecular formula is C41H55ClN6O6S2. The molecule has 0 unspecified atom stereocenters. The largest absolute Gasteiger partial charge is 0.379 e. The smallest absolute Gasteiger partial charge is 0.315 e. The third-order valence-electron chi connectivity index (χ3n) is 10.6. The Morgan fingerprint density at radius 2 is 1.48 bits per heavy atom. The molecule has 0 radical (unpaired) electrons. The lowest BCUT2D eigenvalue weighted by atomic mass is 9.99. The summed E-state index contributed by atoms with van der Waals surface area (Å²) in [7, 11) is 0. The first-order valence-electron chi connectivity index (χ1n) is 20.0. The number of carbonyl (C=O) groups excluding carboxylic acids is 3. The molecule has 0 aliphatic carbocycles. The number of unbranched alkanes of at least 4 members (excludes halogenated alkanes) is 3. The third-order valence-corrected chi connectivity index (χ3v) is 13.6. The van der Waals surface area contributed by atoms with Crippen LogP contribution < -0.4 is 10.6 Å². The van der Waals surface area contributed by atoms with Crippen molar-refractivity contribution in [2.24, 2.45) is 4.99 Å². The highest BCUT2D eigenvalue weighted by atomic mass is 35.5. The van der Waals surface area contributed by atoms with Gasteiger partial charge in [-0.1, -0.05) is 30.2 Å². The lowest BCUT2D eigenvalue weighted by Gasteiger charge is -2.16. The lowest BCUT2D eigenvalue weighted by molar-refractivity contribution is -0.120. The summed E-state index contributed by atoms with van der Waals surface area (Å²) in [5.41, 5.74) is 4.02. The average Bonchev–Trinajstić information content (AvgIpc) is 3.91. The molecule has 0 spiro atoms. The highest BCUT2D eigenvalue weighted by molar-refractivity contribution is 8.00. The van der Waals surface area contributed by atoms with Crippen molar-refractivity contribution in [3.63, 3.8) is 0 Å². The Hall–Kier alpha value is -3.14. The minimum absolute atomic E-state index is 0.0491.